The Kier molecular flexibility index (Phi) is 10.7. The van der Waals surface area contributed by atoms with Crippen molar-refractivity contribution in [3.63, 3.8) is 0 Å². The molecule has 0 amide bonds. The third-order valence-electron chi connectivity index (χ3n) is 9.97. The molecule has 5 rings (SSSR count). The molecule has 0 saturated heterocycles. The molecule has 6 heteroatoms. The zero-order valence-corrected chi connectivity index (χ0v) is 28.6. The summed E-state index contributed by atoms with van der Waals surface area (Å²) in [4.78, 5) is 21.2. The summed E-state index contributed by atoms with van der Waals surface area (Å²) < 4.78 is 0. The van der Waals surface area contributed by atoms with Crippen molar-refractivity contribution in [2.75, 3.05) is 34.2 Å². The van der Waals surface area contributed by atoms with E-state index in [1.807, 2.05) is 43.3 Å². The summed E-state index contributed by atoms with van der Waals surface area (Å²) in [6.45, 7) is 9.08. The fourth-order valence-electron chi connectivity index (χ4n) is 8.26. The number of hydrogen-bond donors (Lipinski definition) is 2. The molecule has 0 heterocycles. The molecule has 2 unspecified atom stereocenters. The van der Waals surface area contributed by atoms with E-state index in [1.165, 1.54) is 24.8 Å². The van der Waals surface area contributed by atoms with Gasteiger partial charge in [0.2, 0.25) is 0 Å². The minimum atomic E-state index is 0.0328. The van der Waals surface area contributed by atoms with E-state index in [4.69, 9.17) is 0 Å². The zero-order chi connectivity index (χ0) is 32.8. The Bertz CT molecular complexity index is 1540. The number of nitrogens with zero attached hydrogens (tertiary/aromatic N) is 3. The molecule has 2 N–H and O–H groups in total. The van der Waals surface area contributed by atoms with Crippen molar-refractivity contribution < 1.29 is 9.90 Å². The van der Waals surface area contributed by atoms with Gasteiger partial charge in [0.05, 0.1) is 5.70 Å². The second kappa shape index (κ2) is 14.7. The Labute approximate surface area is 276 Å². The van der Waals surface area contributed by atoms with Crippen LogP contribution in [0.3, 0.4) is 0 Å². The van der Waals surface area contributed by atoms with Crippen LogP contribution in [-0.4, -0.2) is 61.4 Å². The van der Waals surface area contributed by atoms with Gasteiger partial charge in [0.1, 0.15) is 5.75 Å². The van der Waals surface area contributed by atoms with Gasteiger partial charge in [-0.05, 0) is 128 Å². The van der Waals surface area contributed by atoms with Crippen LogP contribution in [0, 0.1) is 24.7 Å². The topological polar surface area (TPSA) is 68.2 Å². The maximum absolute atomic E-state index is 12.4. The van der Waals surface area contributed by atoms with Gasteiger partial charge in [-0.1, -0.05) is 62.4 Å². The highest BCUT2D eigenvalue weighted by Crippen LogP contribution is 2.56. The van der Waals surface area contributed by atoms with Crippen molar-refractivity contribution in [3.8, 4) is 16.9 Å². The fraction of sp³-hybridized carbons (Fsp3) is 0.450. The minimum Gasteiger partial charge on any atom is -0.507 e. The van der Waals surface area contributed by atoms with Crippen LogP contribution < -0.4 is 5.32 Å². The second-order valence-electron chi connectivity index (χ2n) is 14.4. The number of aldehydes is 1. The molecule has 3 aromatic rings. The lowest BCUT2D eigenvalue weighted by molar-refractivity contribution is -0.105. The predicted octanol–water partition coefficient (Wildman–Crippen LogP) is 7.65. The first-order valence-corrected chi connectivity index (χ1v) is 16.9. The Morgan fingerprint density at radius 3 is 2.33 bits per heavy atom. The number of fused-ring (bicyclic) bond motifs is 2. The fourth-order valence-corrected chi connectivity index (χ4v) is 8.26. The quantitative estimate of drug-likeness (QED) is 0.106. The lowest BCUT2D eigenvalue weighted by Crippen LogP contribution is -2.43. The number of aromatic hydroxyl groups is 1. The first-order chi connectivity index (χ1) is 22.1. The van der Waals surface area contributed by atoms with Crippen LogP contribution in [0.25, 0.3) is 17.2 Å². The van der Waals surface area contributed by atoms with Crippen LogP contribution in [-0.2, 0) is 16.8 Å². The van der Waals surface area contributed by atoms with Crippen molar-refractivity contribution in [1.82, 2.24) is 15.1 Å². The van der Waals surface area contributed by atoms with E-state index in [0.29, 0.717) is 35.8 Å². The highest BCUT2D eigenvalue weighted by Gasteiger charge is 2.46. The van der Waals surface area contributed by atoms with E-state index in [2.05, 4.69) is 84.5 Å². The van der Waals surface area contributed by atoms with Gasteiger partial charge in [-0.3, -0.25) is 9.79 Å². The Morgan fingerprint density at radius 2 is 1.67 bits per heavy atom. The van der Waals surface area contributed by atoms with Gasteiger partial charge in [-0.2, -0.15) is 0 Å². The van der Waals surface area contributed by atoms with E-state index in [-0.39, 0.29) is 5.41 Å². The average molecular weight is 621 g/mol. The summed E-state index contributed by atoms with van der Waals surface area (Å²) in [5.74, 6) is 3.19. The lowest BCUT2D eigenvalue weighted by atomic mass is 9.54. The number of aliphatic imine (C=N–C) groups is 1. The molecule has 0 spiro atoms. The predicted molar refractivity (Wildman–Crippen MR) is 191 cm³/mol. The molecule has 2 atom stereocenters. The molecule has 2 aliphatic rings. The molecule has 3 aromatic carbocycles. The summed E-state index contributed by atoms with van der Waals surface area (Å²) in [6, 6.07) is 23.0. The number of aryl methyl sites for hydroxylation is 1. The number of carbonyl (C=O) groups excluding carboxylic acids is 1. The second-order valence-corrected chi connectivity index (χ2v) is 14.4. The molecule has 2 fully saturated rings. The van der Waals surface area contributed by atoms with Crippen molar-refractivity contribution in [1.29, 1.82) is 0 Å². The number of nitrogens with one attached hydrogen (secondary N) is 1. The molecular weight excluding hydrogens is 568 g/mol. The van der Waals surface area contributed by atoms with Gasteiger partial charge in [0.25, 0.3) is 0 Å². The molecule has 2 saturated carbocycles. The van der Waals surface area contributed by atoms with Crippen molar-refractivity contribution in [3.05, 3.63) is 94.7 Å². The number of hydrogen-bond acceptors (Lipinski definition) is 4. The molecule has 0 radical (unpaired) electrons. The van der Waals surface area contributed by atoms with Crippen molar-refractivity contribution >= 4 is 18.3 Å². The van der Waals surface area contributed by atoms with Gasteiger partial charge < -0.3 is 20.2 Å². The van der Waals surface area contributed by atoms with E-state index in [1.54, 1.807) is 7.05 Å². The van der Waals surface area contributed by atoms with E-state index in [9.17, 15) is 9.90 Å². The summed E-state index contributed by atoms with van der Waals surface area (Å²) in [7, 11) is 5.87. The molecule has 2 bridgehead atoms. The number of carbonyl (C=O) groups is 1. The smallest absolute Gasteiger partial charge is 0.198 e. The number of phenols is 1. The first-order valence-electron chi connectivity index (χ1n) is 16.9. The maximum Gasteiger partial charge on any atom is 0.198 e. The highest BCUT2D eigenvalue weighted by atomic mass is 16.3. The minimum absolute atomic E-state index is 0.0328. The normalized spacial score (nSPS) is 23.3. The molecule has 0 aromatic heterocycles. The van der Waals surface area contributed by atoms with Gasteiger partial charge in [-0.25, -0.2) is 0 Å². The molecule has 0 aliphatic heterocycles. The van der Waals surface area contributed by atoms with Crippen molar-refractivity contribution in [2.45, 2.75) is 64.8 Å². The zero-order valence-electron chi connectivity index (χ0n) is 28.6. The maximum atomic E-state index is 12.4. The number of rotatable bonds is 10. The van der Waals surface area contributed by atoms with Crippen molar-refractivity contribution in [2.24, 2.45) is 22.7 Å². The summed E-state index contributed by atoms with van der Waals surface area (Å²) in [5.41, 5.74) is 6.81. The molecule has 2 aliphatic carbocycles. The lowest BCUT2D eigenvalue weighted by Gasteiger charge is -2.50. The van der Waals surface area contributed by atoms with Crippen LogP contribution in [0.5, 0.6) is 5.75 Å². The Balaban J connectivity index is 1.43. The average Bonchev–Trinajstić information content (AvgIpc) is 3.02. The number of phenolic OH excluding ortho intramolecular Hbond substituents is 1. The van der Waals surface area contributed by atoms with E-state index in [0.717, 1.165) is 66.0 Å². The molecule has 244 valence electrons. The summed E-state index contributed by atoms with van der Waals surface area (Å²) >= 11 is 0. The molecule has 46 heavy (non-hydrogen) atoms. The number of guanidine groups is 1. The molecule has 6 nitrogen and oxygen atoms in total. The van der Waals surface area contributed by atoms with E-state index < -0.39 is 0 Å². The molecular formula is C40H52N4O2. The summed E-state index contributed by atoms with van der Waals surface area (Å²) in [6.07, 6.45) is 8.80. The van der Waals surface area contributed by atoms with Crippen LogP contribution in [0.1, 0.15) is 68.2 Å². The first kappa shape index (κ1) is 33.5. The number of allylic oxidation sites excluding steroid dienone is 1. The van der Waals surface area contributed by atoms with Gasteiger partial charge in [-0.15, -0.1) is 0 Å². The SMILES string of the molecule is CN=C(N/C(C=O)=C\c1cccc(-c2cc(C)c(O)c(C34CC(C)CC(CC(C)C3)C4)c2)c1)N(CCN(C)C)Cc1ccccc1. The summed E-state index contributed by atoms with van der Waals surface area (Å²) in [5, 5.41) is 14.8. The largest absolute Gasteiger partial charge is 0.507 e. The number of benzene rings is 3. The number of likely N-dealkylation sites (N-methyl/N-ethyl adjacent to an activating group) is 1. The van der Waals surface area contributed by atoms with Gasteiger partial charge >= 0.3 is 0 Å². The van der Waals surface area contributed by atoms with E-state index >= 15 is 0 Å². The third-order valence-corrected chi connectivity index (χ3v) is 9.97. The Hall–Kier alpha value is -3.90. The van der Waals surface area contributed by atoms with Gasteiger partial charge in [0, 0.05) is 32.2 Å². The standard InChI is InChI=1S/C40H52N4O2/c1-28-17-33-18-29(2)24-40(23-28,25-33)37-22-35(19-30(3)38(37)46)34-14-10-13-32(20-34)21-36(27-45)42-39(41-4)44(16-15-43(5)6)26-31-11-8-7-9-12-31/h7-14,19-22,27-29,33,46H,15-18,23-26H2,1-6H3,(H,41,42)/b36-21-. The van der Waals surface area contributed by atoms with Gasteiger partial charge in [0.15, 0.2) is 12.2 Å². The van der Waals surface area contributed by atoms with Crippen LogP contribution in [0.2, 0.25) is 0 Å². The van der Waals surface area contributed by atoms with Crippen LogP contribution in [0.15, 0.2) is 77.4 Å². The Morgan fingerprint density at radius 1 is 0.957 bits per heavy atom. The van der Waals surface area contributed by atoms with Crippen LogP contribution in [0.4, 0.5) is 0 Å². The van der Waals surface area contributed by atoms with Crippen LogP contribution >= 0.6 is 0 Å². The third kappa shape index (κ3) is 7.90. The highest BCUT2D eigenvalue weighted by molar-refractivity contribution is 5.91. The monoisotopic (exact) mass is 620 g/mol.